The largest absolute Gasteiger partial charge is 0.495 e. The molecule has 0 aliphatic carbocycles. The fraction of sp³-hybridized carbons (Fsp3) is 0.429. The van der Waals surface area contributed by atoms with Gasteiger partial charge >= 0.3 is 0 Å². The van der Waals surface area contributed by atoms with E-state index in [1.807, 2.05) is 12.3 Å². The zero-order chi connectivity index (χ0) is 22.8. The van der Waals surface area contributed by atoms with Crippen LogP contribution in [0.5, 0.6) is 11.5 Å². The van der Waals surface area contributed by atoms with Gasteiger partial charge in [0.2, 0.25) is 5.95 Å². The first kappa shape index (κ1) is 24.6. The Morgan fingerprint density at radius 3 is 2.69 bits per heavy atom. The van der Waals surface area contributed by atoms with Crippen LogP contribution in [-0.2, 0) is 12.8 Å². The third-order valence-electron chi connectivity index (χ3n) is 5.03. The number of benzene rings is 1. The van der Waals surface area contributed by atoms with E-state index >= 15 is 0 Å². The lowest BCUT2D eigenvalue weighted by molar-refractivity contribution is 0.222. The smallest absolute Gasteiger partial charge is 0.227 e. The summed E-state index contributed by atoms with van der Waals surface area (Å²) in [6.07, 6.45) is 9.11. The minimum absolute atomic E-state index is 0.453. The Morgan fingerprint density at radius 1 is 1.28 bits per heavy atom. The molecule has 0 spiro atoms. The summed E-state index contributed by atoms with van der Waals surface area (Å²) >= 11 is 5.58. The van der Waals surface area contributed by atoms with Crippen LogP contribution in [0.3, 0.4) is 0 Å². The lowest BCUT2D eigenvalue weighted by Gasteiger charge is -2.23. The Hall–Kier alpha value is -2.02. The van der Waals surface area contributed by atoms with Crippen molar-refractivity contribution in [2.45, 2.75) is 31.7 Å². The fourth-order valence-corrected chi connectivity index (χ4v) is 4.33. The van der Waals surface area contributed by atoms with Gasteiger partial charge in [-0.2, -0.15) is 5.48 Å². The summed E-state index contributed by atoms with van der Waals surface area (Å²) in [7, 11) is 3.28. The van der Waals surface area contributed by atoms with Crippen LogP contribution in [0.1, 0.15) is 24.0 Å². The van der Waals surface area contributed by atoms with Gasteiger partial charge in [0.15, 0.2) is 5.75 Å². The number of nitrogens with one attached hydrogen (secondary N) is 5. The van der Waals surface area contributed by atoms with Crippen molar-refractivity contribution in [3.8, 4) is 11.5 Å². The molecule has 9 nitrogen and oxygen atoms in total. The normalized spacial score (nSPS) is 14.8. The van der Waals surface area contributed by atoms with Crippen LogP contribution in [-0.4, -0.2) is 43.3 Å². The summed E-state index contributed by atoms with van der Waals surface area (Å²) in [4.78, 5) is 14.2. The van der Waals surface area contributed by atoms with Crippen molar-refractivity contribution in [1.29, 1.82) is 3.56 Å². The summed E-state index contributed by atoms with van der Waals surface area (Å²) in [5.41, 5.74) is 4.57. The van der Waals surface area contributed by atoms with E-state index in [-0.39, 0.29) is 0 Å². The van der Waals surface area contributed by atoms with E-state index in [0.717, 1.165) is 47.2 Å². The highest BCUT2D eigenvalue weighted by Gasteiger charge is 2.12. The predicted octanol–water partition coefficient (Wildman–Crippen LogP) is 3.72. The van der Waals surface area contributed by atoms with E-state index in [9.17, 15) is 0 Å². The molecule has 2 heterocycles. The molecule has 0 bridgehead atoms. The second-order valence-corrected chi connectivity index (χ2v) is 9.30. The van der Waals surface area contributed by atoms with E-state index in [4.69, 9.17) is 24.7 Å². The van der Waals surface area contributed by atoms with Crippen LogP contribution in [0.25, 0.3) is 0 Å². The number of hydroxylamine groups is 1. The lowest BCUT2D eigenvalue weighted by Crippen LogP contribution is -2.37. The van der Waals surface area contributed by atoms with E-state index in [2.05, 4.69) is 31.4 Å². The molecule has 1 fully saturated rings. The number of halogens is 2. The Bertz CT molecular complexity index is 921. The maximum absolute atomic E-state index is 7.86. The molecule has 32 heavy (non-hydrogen) atoms. The number of rotatable bonds is 11. The summed E-state index contributed by atoms with van der Waals surface area (Å²) in [5.74, 6) is 1.71. The molecule has 1 aromatic carbocycles. The number of nitrogens with zero attached hydrogens (tertiary/aromatic N) is 2. The van der Waals surface area contributed by atoms with Crippen molar-refractivity contribution in [1.82, 2.24) is 26.1 Å². The van der Waals surface area contributed by atoms with Crippen molar-refractivity contribution in [2.75, 3.05) is 32.6 Å². The third kappa shape index (κ3) is 7.26. The Kier molecular flexibility index (Phi) is 9.90. The molecule has 2 aromatic rings. The highest BCUT2D eigenvalue weighted by atomic mass is 127. The molecule has 1 aliphatic rings. The molecule has 1 aromatic heterocycles. The molecule has 0 radical (unpaired) electrons. The molecule has 0 amide bonds. The van der Waals surface area contributed by atoms with Crippen LogP contribution in [0.4, 0.5) is 5.95 Å². The van der Waals surface area contributed by atoms with E-state index in [1.54, 1.807) is 32.6 Å². The number of methoxy groups -OCH3 is 1. The van der Waals surface area contributed by atoms with Gasteiger partial charge in [-0.05, 0) is 56.0 Å². The van der Waals surface area contributed by atoms with Crippen LogP contribution in [0, 0.1) is 3.56 Å². The lowest BCUT2D eigenvalue weighted by atomic mass is 10.1. The molecule has 0 saturated carbocycles. The molecule has 174 valence electrons. The van der Waals surface area contributed by atoms with E-state index < -0.39 is 21.0 Å². The standard InChI is InChI=1S/C21H29ClIN7O2/c1-25-32-17-9-15(20(22)18(10-17)31-2)4-3-14-11-28-21(29-12-14)30-19(23-24)13-27-16-5-7-26-8-6-16/h9-13,16,24-27H,3-8H2,1-2H3,(H,28,29,30)/b19-13+. The maximum atomic E-state index is 7.86. The first-order valence-corrected chi connectivity index (χ1v) is 12.9. The van der Waals surface area contributed by atoms with E-state index in [0.29, 0.717) is 34.9 Å². The van der Waals surface area contributed by atoms with Gasteiger partial charge in [-0.3, -0.25) is 3.56 Å². The molecular weight excluding hydrogens is 545 g/mol. The second kappa shape index (κ2) is 12.9. The number of hydrogen-bond donors (Lipinski definition) is 5. The van der Waals surface area contributed by atoms with E-state index in [1.165, 1.54) is 0 Å². The maximum Gasteiger partial charge on any atom is 0.227 e. The summed E-state index contributed by atoms with van der Waals surface area (Å²) in [6.45, 7) is 2.05. The Labute approximate surface area is 203 Å². The predicted molar refractivity (Wildman–Crippen MR) is 135 cm³/mol. The molecule has 1 aliphatic heterocycles. The van der Waals surface area contributed by atoms with Gasteiger partial charge in [-0.1, -0.05) is 11.6 Å². The summed E-state index contributed by atoms with van der Waals surface area (Å²) < 4.78 is 14.1. The zero-order valence-corrected chi connectivity index (χ0v) is 21.1. The quantitative estimate of drug-likeness (QED) is 0.157. The van der Waals surface area contributed by atoms with Gasteiger partial charge in [0.25, 0.3) is 0 Å². The van der Waals surface area contributed by atoms with Crippen LogP contribution < -0.4 is 31.0 Å². The SMILES string of the molecule is CNOc1cc(CCc2cnc(N/C(=C/NC3CCNCC3)I=N)nc2)c(Cl)c(OC)c1. The Balaban J connectivity index is 1.58. The van der Waals surface area contributed by atoms with Crippen molar-refractivity contribution in [3.63, 3.8) is 0 Å². The number of aryl methyl sites for hydroxylation is 2. The molecule has 1 saturated heterocycles. The van der Waals surface area contributed by atoms with Gasteiger partial charge in [0, 0.05) is 58.8 Å². The van der Waals surface area contributed by atoms with Crippen LogP contribution >= 0.6 is 32.6 Å². The van der Waals surface area contributed by atoms with Gasteiger partial charge in [0.1, 0.15) is 9.45 Å². The van der Waals surface area contributed by atoms with Gasteiger partial charge < -0.3 is 25.5 Å². The first-order chi connectivity index (χ1) is 15.6. The van der Waals surface area contributed by atoms with Gasteiger partial charge in [0.05, 0.1) is 12.1 Å². The Morgan fingerprint density at radius 2 is 2.03 bits per heavy atom. The van der Waals surface area contributed by atoms with Crippen molar-refractivity contribution in [2.24, 2.45) is 0 Å². The number of hydrogen-bond acceptors (Lipinski definition) is 9. The average Bonchev–Trinajstić information content (AvgIpc) is 2.83. The molecule has 0 unspecified atom stereocenters. The minimum Gasteiger partial charge on any atom is -0.495 e. The van der Waals surface area contributed by atoms with Crippen molar-refractivity contribution >= 4 is 38.6 Å². The molecule has 3 rings (SSSR count). The first-order valence-electron chi connectivity index (χ1n) is 10.4. The molecule has 11 heteroatoms. The topological polar surface area (TPSA) is 116 Å². The van der Waals surface area contributed by atoms with Crippen LogP contribution in [0.2, 0.25) is 5.02 Å². The number of aromatic nitrogens is 2. The molecule has 5 N–H and O–H groups in total. The summed E-state index contributed by atoms with van der Waals surface area (Å²) in [6, 6.07) is 4.09. The molecule has 0 atom stereocenters. The minimum atomic E-state index is -0.876. The van der Waals surface area contributed by atoms with Crippen LogP contribution in [0.15, 0.2) is 34.4 Å². The fourth-order valence-electron chi connectivity index (χ4n) is 3.34. The highest BCUT2D eigenvalue weighted by molar-refractivity contribution is 14.2. The monoisotopic (exact) mass is 573 g/mol. The number of ether oxygens (including phenoxy) is 1. The third-order valence-corrected chi connectivity index (χ3v) is 6.63. The zero-order valence-electron chi connectivity index (χ0n) is 18.2. The van der Waals surface area contributed by atoms with Crippen molar-refractivity contribution in [3.05, 3.63) is 50.6 Å². The number of anilines is 1. The number of piperidine rings is 1. The average molecular weight is 574 g/mol. The summed E-state index contributed by atoms with van der Waals surface area (Å²) in [5, 5.41) is 10.5. The van der Waals surface area contributed by atoms with Gasteiger partial charge in [-0.25, -0.2) is 9.97 Å². The second-order valence-electron chi connectivity index (χ2n) is 7.22. The highest BCUT2D eigenvalue weighted by Crippen LogP contribution is 2.33. The van der Waals surface area contributed by atoms with Gasteiger partial charge in [-0.15, -0.1) is 0 Å². The van der Waals surface area contributed by atoms with Crippen molar-refractivity contribution < 1.29 is 9.57 Å². The molecular formula is C21H29ClIN7O2.